The van der Waals surface area contributed by atoms with Gasteiger partial charge in [0, 0.05) is 71.6 Å². The highest BCUT2D eigenvalue weighted by molar-refractivity contribution is 7.80. The molecule has 0 spiro atoms. The molecule has 0 aromatic heterocycles. The Labute approximate surface area is 548 Å². The number of piperidine rings is 1. The standard InChI is InChI=1S/C68H114N2O20S/c1-12-81-28-29-83-32-33-85-36-37-87-39-38-86-35-34-84-31-30-82-27-25-69-67(91)89-57-24-22-53(43-60(57)79-10)42-49(5)59-45-56(71)48(4)41-51(7)62(73)63(80-11)61(72)50(6)40-46(2)18-14-13-15-19-47(3)58(78-9)44-54-23-21-52(8)68(77,90-54)64(74)65(75)70-26-17-16-20-55(70)66(76)88-59/h13-15,18-19,41,46,48-50,52-60,62-63,71,73,77H,12,16-17,20-40,42-45H2,1-11H3,(H,69,91)/b15-13+,18-14+,47-19+,51-41+/t46-,48-,49-,50?,52-,53+,54+,55?,56-,57-,58+,59?,60-,62-,63+,68-/m1/s1. The second-order valence-corrected chi connectivity index (χ2v) is 25.3. The summed E-state index contributed by atoms with van der Waals surface area (Å²) in [4.78, 5) is 58.7. The average Bonchev–Trinajstić information content (AvgIpc) is 1.05. The fourth-order valence-electron chi connectivity index (χ4n) is 12.2. The number of amides is 1. The van der Waals surface area contributed by atoms with Crippen molar-refractivity contribution < 1.29 is 96.1 Å². The molecule has 4 aliphatic rings. The number of ether oxygens (including phenoxy) is 13. The smallest absolute Gasteiger partial charge is 0.329 e. The molecule has 16 atom stereocenters. The minimum atomic E-state index is -2.45. The lowest BCUT2D eigenvalue weighted by Crippen LogP contribution is -2.61. The predicted molar refractivity (Wildman–Crippen MR) is 347 cm³/mol. The van der Waals surface area contributed by atoms with Crippen molar-refractivity contribution in [1.82, 2.24) is 10.2 Å². The molecule has 3 fully saturated rings. The molecule has 22 nitrogen and oxygen atoms in total. The van der Waals surface area contributed by atoms with Gasteiger partial charge in [-0.3, -0.25) is 14.4 Å². The second kappa shape index (κ2) is 44.2. The van der Waals surface area contributed by atoms with Gasteiger partial charge in [0.1, 0.15) is 30.5 Å². The van der Waals surface area contributed by atoms with E-state index in [2.05, 4.69) is 5.32 Å². The first-order valence-corrected chi connectivity index (χ1v) is 33.7. The topological polar surface area (TPSA) is 264 Å². The number of fused-ring (bicyclic) bond motifs is 3. The van der Waals surface area contributed by atoms with E-state index in [9.17, 15) is 34.5 Å². The molecule has 1 aliphatic carbocycles. The van der Waals surface area contributed by atoms with Gasteiger partial charge in [0.2, 0.25) is 5.79 Å². The van der Waals surface area contributed by atoms with Crippen LogP contribution in [0, 0.1) is 35.5 Å². The summed E-state index contributed by atoms with van der Waals surface area (Å²) in [7, 11) is 4.61. The number of Topliss-reactive ketones (excluding diaryl/α,β-unsaturated/α-hetero) is 2. The maximum absolute atomic E-state index is 14.7. The molecular formula is C68H114N2O20S. The largest absolute Gasteiger partial charge is 0.465 e. The van der Waals surface area contributed by atoms with Crippen LogP contribution >= 0.6 is 12.2 Å². The van der Waals surface area contributed by atoms with Gasteiger partial charge in [-0.05, 0) is 126 Å². The number of esters is 1. The van der Waals surface area contributed by atoms with Crippen molar-refractivity contribution in [1.29, 1.82) is 0 Å². The number of ketones is 2. The lowest BCUT2D eigenvalue weighted by Gasteiger charge is -2.43. The van der Waals surface area contributed by atoms with E-state index in [0.717, 1.165) is 12.0 Å². The zero-order valence-corrected chi connectivity index (χ0v) is 57.4. The molecule has 4 rings (SSSR count). The van der Waals surface area contributed by atoms with Crippen molar-refractivity contribution in [2.75, 3.05) is 127 Å². The molecule has 0 aromatic carbocycles. The monoisotopic (exact) mass is 1310 g/mol. The zero-order valence-electron chi connectivity index (χ0n) is 56.6. The number of nitrogens with zero attached hydrogens (tertiary/aromatic N) is 1. The van der Waals surface area contributed by atoms with E-state index in [1.165, 1.54) is 12.0 Å². The maximum Gasteiger partial charge on any atom is 0.329 e. The van der Waals surface area contributed by atoms with E-state index >= 15 is 0 Å². The molecule has 2 bridgehead atoms. The Morgan fingerprint density at radius 1 is 0.714 bits per heavy atom. The SMILES string of the molecule is CCOCCOCCOCCOCCOCCOCCOCCNC(=S)O[C@@H]1CC[C@@H](C[C@@H](C)C2C[C@@H](O)[C@H](C)/C=C(\C)[C@@H](O)[C@@H](OC)C(=O)C(C)C[C@H](C)/C=C/C=C/C=C(\C)[C@@H](OC)C[C@@H]3CC[C@@H](C)[C@@](O)(O3)C(=O)C(=O)N3CCCCC3C(=O)O2)C[C@H]1OC. The molecular weight excluding hydrogens is 1200 g/mol. The number of hydrogen-bond acceptors (Lipinski definition) is 21. The Morgan fingerprint density at radius 3 is 1.92 bits per heavy atom. The minimum Gasteiger partial charge on any atom is -0.465 e. The van der Waals surface area contributed by atoms with Crippen molar-refractivity contribution in [2.45, 2.75) is 193 Å². The van der Waals surface area contributed by atoms with Gasteiger partial charge >= 0.3 is 5.97 Å². The fourth-order valence-corrected chi connectivity index (χ4v) is 12.5. The highest BCUT2D eigenvalue weighted by Gasteiger charge is 2.53. The average molecular weight is 1310 g/mol. The van der Waals surface area contributed by atoms with Crippen molar-refractivity contribution in [3.8, 4) is 0 Å². The molecule has 0 radical (unpaired) electrons. The molecule has 522 valence electrons. The van der Waals surface area contributed by atoms with Gasteiger partial charge in [-0.1, -0.05) is 71.1 Å². The first-order chi connectivity index (χ1) is 43.7. The second-order valence-electron chi connectivity index (χ2n) is 25.0. The van der Waals surface area contributed by atoms with Crippen LogP contribution in [-0.4, -0.2) is 236 Å². The highest BCUT2D eigenvalue weighted by Crippen LogP contribution is 2.38. The summed E-state index contributed by atoms with van der Waals surface area (Å²) in [6.07, 6.45) is 10.8. The third kappa shape index (κ3) is 27.9. The summed E-state index contributed by atoms with van der Waals surface area (Å²) in [5.74, 6) is -7.56. The number of rotatable bonds is 29. The van der Waals surface area contributed by atoms with E-state index in [0.29, 0.717) is 162 Å². The lowest BCUT2D eigenvalue weighted by molar-refractivity contribution is -0.265. The van der Waals surface area contributed by atoms with E-state index in [-0.39, 0.29) is 60.3 Å². The van der Waals surface area contributed by atoms with Crippen molar-refractivity contribution in [3.63, 3.8) is 0 Å². The van der Waals surface area contributed by atoms with Crippen LogP contribution in [0.2, 0.25) is 0 Å². The predicted octanol–water partition coefficient (Wildman–Crippen LogP) is 7.01. The fraction of sp³-hybridized carbons (Fsp3) is 0.809. The van der Waals surface area contributed by atoms with Gasteiger partial charge < -0.3 is 87.1 Å². The maximum atomic E-state index is 14.7. The minimum absolute atomic E-state index is 0.0105. The number of carbonyl (C=O) groups is 4. The Hall–Kier alpha value is -3.63. The lowest BCUT2D eigenvalue weighted by atomic mass is 9.78. The van der Waals surface area contributed by atoms with Crippen LogP contribution in [-0.2, 0) is 80.8 Å². The third-order valence-electron chi connectivity index (χ3n) is 17.8. The third-order valence-corrected chi connectivity index (χ3v) is 18.1. The Bertz CT molecular complexity index is 2250. The molecule has 3 heterocycles. The molecule has 1 saturated carbocycles. The van der Waals surface area contributed by atoms with Crippen LogP contribution in [0.3, 0.4) is 0 Å². The van der Waals surface area contributed by atoms with Gasteiger partial charge in [0.25, 0.3) is 16.9 Å². The number of allylic oxidation sites excluding steroid dienone is 5. The Balaban J connectivity index is 1.38. The number of nitrogens with one attached hydrogen (secondary N) is 1. The highest BCUT2D eigenvalue weighted by atomic mass is 32.1. The Morgan fingerprint density at radius 2 is 1.33 bits per heavy atom. The number of carbonyl (C=O) groups excluding carboxylic acids is 4. The van der Waals surface area contributed by atoms with Crippen molar-refractivity contribution >= 4 is 40.8 Å². The summed E-state index contributed by atoms with van der Waals surface area (Å²) in [5, 5.41) is 39.1. The van der Waals surface area contributed by atoms with E-state index in [4.69, 9.17) is 73.8 Å². The van der Waals surface area contributed by atoms with Crippen LogP contribution in [0.5, 0.6) is 0 Å². The molecule has 0 aromatic rings. The van der Waals surface area contributed by atoms with Crippen LogP contribution in [0.15, 0.2) is 47.6 Å². The van der Waals surface area contributed by atoms with Crippen molar-refractivity contribution in [2.24, 2.45) is 35.5 Å². The first-order valence-electron chi connectivity index (χ1n) is 33.3. The van der Waals surface area contributed by atoms with Crippen LogP contribution in [0.1, 0.15) is 132 Å². The van der Waals surface area contributed by atoms with Gasteiger partial charge in [-0.25, -0.2) is 4.79 Å². The quantitative estimate of drug-likeness (QED) is 0.0193. The summed E-state index contributed by atoms with van der Waals surface area (Å²) in [5.41, 5.74) is 1.31. The van der Waals surface area contributed by atoms with Crippen LogP contribution in [0.25, 0.3) is 0 Å². The number of hydrogen-bond donors (Lipinski definition) is 4. The molecule has 23 heteroatoms. The summed E-state index contributed by atoms with van der Waals surface area (Å²) in [6, 6.07) is -1.15. The Kier molecular flexibility index (Phi) is 38.7. The normalized spacial score (nSPS) is 33.0. The number of methoxy groups -OCH3 is 3. The summed E-state index contributed by atoms with van der Waals surface area (Å²) < 4.78 is 75.0. The number of aliphatic hydroxyl groups excluding tert-OH is 2. The van der Waals surface area contributed by atoms with E-state index in [1.807, 2.05) is 65.0 Å². The molecule has 3 unspecified atom stereocenters. The zero-order chi connectivity index (χ0) is 66.7. The molecule has 91 heavy (non-hydrogen) atoms. The van der Waals surface area contributed by atoms with Crippen LogP contribution in [0.4, 0.5) is 0 Å². The summed E-state index contributed by atoms with van der Waals surface area (Å²) in [6.45, 7) is 22.1. The molecule has 3 aliphatic heterocycles. The molecule has 4 N–H and O–H groups in total. The summed E-state index contributed by atoms with van der Waals surface area (Å²) >= 11 is 5.58. The van der Waals surface area contributed by atoms with Crippen molar-refractivity contribution in [3.05, 3.63) is 47.6 Å². The van der Waals surface area contributed by atoms with Gasteiger partial charge in [0.05, 0.1) is 110 Å². The number of thiocarbonyl (C=S) groups is 1. The van der Waals surface area contributed by atoms with E-state index < -0.39 is 83.9 Å². The van der Waals surface area contributed by atoms with Crippen LogP contribution < -0.4 is 5.32 Å². The molecule has 1 amide bonds. The van der Waals surface area contributed by atoms with Gasteiger partial charge in [-0.15, -0.1) is 0 Å². The van der Waals surface area contributed by atoms with E-state index in [1.54, 1.807) is 41.1 Å². The molecule has 2 saturated heterocycles. The first kappa shape index (κ1) is 79.8. The van der Waals surface area contributed by atoms with Gasteiger partial charge in [0.15, 0.2) is 5.78 Å². The number of aliphatic hydroxyl groups is 3. The number of cyclic esters (lactones) is 1. The van der Waals surface area contributed by atoms with Gasteiger partial charge in [-0.2, -0.15) is 0 Å².